The maximum Gasteiger partial charge on any atom is 0.422 e. The summed E-state index contributed by atoms with van der Waals surface area (Å²) in [4.78, 5) is 17.3. The fraction of sp³-hybridized carbons (Fsp3) is 0.500. The number of aromatic amines is 1. The van der Waals surface area contributed by atoms with Gasteiger partial charge >= 0.3 is 12.4 Å². The zero-order valence-corrected chi connectivity index (χ0v) is 18.3. The molecule has 32 heavy (non-hydrogen) atoms. The van der Waals surface area contributed by atoms with Crippen LogP contribution in [0.4, 0.5) is 38.0 Å². The highest BCUT2D eigenvalue weighted by atomic mass is 127. The average molecular weight is 575 g/mol. The summed E-state index contributed by atoms with van der Waals surface area (Å²) in [6, 6.07) is 1.32. The van der Waals surface area contributed by atoms with E-state index in [0.717, 1.165) is 6.20 Å². The lowest BCUT2D eigenvalue weighted by Crippen LogP contribution is -2.49. The Morgan fingerprint density at radius 1 is 1.19 bits per heavy atom. The predicted octanol–water partition coefficient (Wildman–Crippen LogP) is 3.90. The first kappa shape index (κ1) is 23.1. The van der Waals surface area contributed by atoms with E-state index in [4.69, 9.17) is 0 Å². The number of piperidine rings is 1. The van der Waals surface area contributed by atoms with Crippen molar-refractivity contribution in [3.8, 4) is 0 Å². The fourth-order valence-electron chi connectivity index (χ4n) is 4.09. The lowest BCUT2D eigenvalue weighted by atomic mass is 9.81. The van der Waals surface area contributed by atoms with E-state index in [1.54, 1.807) is 27.5 Å². The van der Waals surface area contributed by atoms with Crippen LogP contribution in [0.5, 0.6) is 0 Å². The van der Waals surface area contributed by atoms with Crippen molar-refractivity contribution in [3.63, 3.8) is 0 Å². The van der Waals surface area contributed by atoms with E-state index >= 15 is 0 Å². The lowest BCUT2D eigenvalue weighted by Gasteiger charge is -2.36. The van der Waals surface area contributed by atoms with Crippen LogP contribution in [0.15, 0.2) is 12.3 Å². The van der Waals surface area contributed by atoms with E-state index in [0.29, 0.717) is 31.7 Å². The number of amides is 1. The molecule has 14 heteroatoms. The third-order valence-corrected chi connectivity index (χ3v) is 6.60. The van der Waals surface area contributed by atoms with Crippen LogP contribution in [0.2, 0.25) is 0 Å². The second kappa shape index (κ2) is 7.74. The molecule has 1 saturated heterocycles. The highest BCUT2D eigenvalue weighted by Gasteiger charge is 2.61. The molecule has 4 heterocycles. The van der Waals surface area contributed by atoms with Crippen molar-refractivity contribution in [2.45, 2.75) is 43.1 Å². The number of carbonyl (C=O) groups excluding carboxylic acids is 1. The summed E-state index contributed by atoms with van der Waals surface area (Å²) in [6.07, 6.45) is -9.34. The first-order valence-electron chi connectivity index (χ1n) is 9.46. The molecule has 1 unspecified atom stereocenters. The quantitative estimate of drug-likeness (QED) is 0.373. The number of halogens is 7. The highest BCUT2D eigenvalue weighted by Crippen LogP contribution is 2.49. The number of H-pyrrole nitrogens is 1. The molecule has 2 aromatic rings. The molecule has 1 atom stereocenters. The first-order valence-corrected chi connectivity index (χ1v) is 10.5. The Balaban J connectivity index is 1.56. The molecule has 0 bridgehead atoms. The van der Waals surface area contributed by atoms with E-state index in [2.05, 4.69) is 20.5 Å². The molecule has 3 N–H and O–H groups in total. The van der Waals surface area contributed by atoms with Crippen molar-refractivity contribution in [2.75, 3.05) is 23.3 Å². The summed E-state index contributed by atoms with van der Waals surface area (Å²) in [5.74, 6) is -1.38. The molecular weight excluding hydrogens is 559 g/mol. The standard InChI is InChI=1S/C18H16F6IN5O2/c19-17(20,21)9-7-26-11(5-10(9)25)30-3-1-8(2-4-30)14-13-15(29-28-14)27-12(31)6-16(13,32)18(22,23)24/h5,7-8,32H,1-4,6H2,(H2,27,28,29,31). The lowest BCUT2D eigenvalue weighted by molar-refractivity contribution is -0.267. The molecule has 0 spiro atoms. The van der Waals surface area contributed by atoms with Gasteiger partial charge < -0.3 is 15.3 Å². The van der Waals surface area contributed by atoms with Crippen LogP contribution in [-0.2, 0) is 16.6 Å². The monoisotopic (exact) mass is 575 g/mol. The Morgan fingerprint density at radius 2 is 1.84 bits per heavy atom. The third-order valence-electron chi connectivity index (χ3n) is 5.71. The maximum absolute atomic E-state index is 13.7. The summed E-state index contributed by atoms with van der Waals surface area (Å²) in [6.45, 7) is 0.634. The van der Waals surface area contributed by atoms with Crippen molar-refractivity contribution in [2.24, 2.45) is 0 Å². The van der Waals surface area contributed by atoms with E-state index in [1.807, 2.05) is 0 Å². The molecule has 0 aliphatic carbocycles. The van der Waals surface area contributed by atoms with Crippen LogP contribution in [0, 0.1) is 3.57 Å². The Hall–Kier alpha value is -2.10. The number of anilines is 2. The van der Waals surface area contributed by atoms with Gasteiger partial charge in [0.15, 0.2) is 5.60 Å². The number of alkyl halides is 6. The Morgan fingerprint density at radius 3 is 2.41 bits per heavy atom. The zero-order chi connectivity index (χ0) is 23.5. The molecule has 2 aliphatic heterocycles. The Bertz CT molecular complexity index is 1050. The number of rotatable bonds is 2. The molecule has 7 nitrogen and oxygen atoms in total. The van der Waals surface area contributed by atoms with E-state index < -0.39 is 47.3 Å². The topological polar surface area (TPSA) is 94.1 Å². The van der Waals surface area contributed by atoms with Crippen molar-refractivity contribution in [3.05, 3.63) is 32.7 Å². The molecule has 1 amide bonds. The van der Waals surface area contributed by atoms with Gasteiger partial charge in [0.05, 0.1) is 23.2 Å². The van der Waals surface area contributed by atoms with E-state index in [9.17, 15) is 36.2 Å². The van der Waals surface area contributed by atoms with Crippen LogP contribution in [0.3, 0.4) is 0 Å². The number of nitrogens with one attached hydrogen (secondary N) is 2. The molecule has 0 radical (unpaired) electrons. The first-order chi connectivity index (χ1) is 14.8. The number of hydrogen-bond donors (Lipinski definition) is 3. The second-order valence-corrected chi connectivity index (χ2v) is 8.89. The summed E-state index contributed by atoms with van der Waals surface area (Å²) in [5.41, 5.74) is -4.65. The fourth-order valence-corrected chi connectivity index (χ4v) is 4.81. The number of carbonyl (C=O) groups is 1. The number of aromatic nitrogens is 3. The molecule has 2 aliphatic rings. The van der Waals surface area contributed by atoms with Gasteiger partial charge in [-0.05, 0) is 41.5 Å². The SMILES string of the molecule is O=C1CC(O)(C(F)(F)F)c2c(C3CCN(c4cc(I)c(C(F)(F)F)cn4)CC3)n[nH]c2N1. The van der Waals surface area contributed by atoms with Gasteiger partial charge in [-0.1, -0.05) is 0 Å². The van der Waals surface area contributed by atoms with Crippen LogP contribution in [0.1, 0.15) is 42.0 Å². The minimum absolute atomic E-state index is 0.00502. The van der Waals surface area contributed by atoms with Crippen LogP contribution in [-0.4, -0.2) is 45.5 Å². The van der Waals surface area contributed by atoms with Gasteiger partial charge in [-0.3, -0.25) is 9.89 Å². The van der Waals surface area contributed by atoms with Crippen LogP contribution < -0.4 is 10.2 Å². The normalized spacial score (nSPS) is 22.6. The minimum Gasteiger partial charge on any atom is -0.376 e. The van der Waals surface area contributed by atoms with Gasteiger partial charge in [0.25, 0.3) is 0 Å². The molecule has 2 aromatic heterocycles. The number of hydrogen-bond acceptors (Lipinski definition) is 5. The second-order valence-electron chi connectivity index (χ2n) is 7.72. The van der Waals surface area contributed by atoms with Crippen LogP contribution in [0.25, 0.3) is 0 Å². The summed E-state index contributed by atoms with van der Waals surface area (Å²) < 4.78 is 79.8. The number of aliphatic hydroxyl groups is 1. The molecular formula is C18H16F6IN5O2. The number of nitrogens with zero attached hydrogens (tertiary/aromatic N) is 3. The maximum atomic E-state index is 13.7. The van der Waals surface area contributed by atoms with Gasteiger partial charge in [-0.15, -0.1) is 0 Å². The van der Waals surface area contributed by atoms with Gasteiger partial charge in [0.2, 0.25) is 5.91 Å². The van der Waals surface area contributed by atoms with Crippen molar-refractivity contribution in [1.29, 1.82) is 0 Å². The molecule has 1 fully saturated rings. The Kier molecular flexibility index (Phi) is 5.58. The molecule has 0 aromatic carbocycles. The number of pyridine rings is 1. The number of fused-ring (bicyclic) bond motifs is 1. The van der Waals surface area contributed by atoms with Gasteiger partial charge in [0.1, 0.15) is 11.6 Å². The predicted molar refractivity (Wildman–Crippen MR) is 108 cm³/mol. The molecule has 174 valence electrons. The van der Waals surface area contributed by atoms with Crippen molar-refractivity contribution in [1.82, 2.24) is 15.2 Å². The van der Waals surface area contributed by atoms with Crippen molar-refractivity contribution >= 4 is 40.1 Å². The third kappa shape index (κ3) is 3.91. The zero-order valence-electron chi connectivity index (χ0n) is 16.1. The van der Waals surface area contributed by atoms with Gasteiger partial charge in [0, 0.05) is 28.8 Å². The smallest absolute Gasteiger partial charge is 0.376 e. The van der Waals surface area contributed by atoms with E-state index in [1.165, 1.54) is 6.07 Å². The van der Waals surface area contributed by atoms with Gasteiger partial charge in [-0.2, -0.15) is 31.4 Å². The van der Waals surface area contributed by atoms with Crippen LogP contribution >= 0.6 is 22.6 Å². The highest BCUT2D eigenvalue weighted by molar-refractivity contribution is 14.1. The molecule has 0 saturated carbocycles. The van der Waals surface area contributed by atoms with E-state index in [-0.39, 0.29) is 15.1 Å². The van der Waals surface area contributed by atoms with Gasteiger partial charge in [-0.25, -0.2) is 4.98 Å². The summed E-state index contributed by atoms with van der Waals surface area (Å²) >= 11 is 1.59. The summed E-state index contributed by atoms with van der Waals surface area (Å²) in [7, 11) is 0. The minimum atomic E-state index is -5.08. The van der Waals surface area contributed by atoms with Crippen molar-refractivity contribution < 1.29 is 36.2 Å². The summed E-state index contributed by atoms with van der Waals surface area (Å²) in [5, 5.41) is 19.0. The Labute approximate surface area is 190 Å². The molecule has 4 rings (SSSR count). The largest absolute Gasteiger partial charge is 0.422 e. The average Bonchev–Trinajstić information content (AvgIpc) is 3.10.